The van der Waals surface area contributed by atoms with Crippen LogP contribution in [0.25, 0.3) is 0 Å². The van der Waals surface area contributed by atoms with Gasteiger partial charge in [-0.3, -0.25) is 14.5 Å². The van der Waals surface area contributed by atoms with Crippen LogP contribution < -0.4 is 11.1 Å². The summed E-state index contributed by atoms with van der Waals surface area (Å²) in [7, 11) is 0. The van der Waals surface area contributed by atoms with Gasteiger partial charge in [0.1, 0.15) is 0 Å². The second kappa shape index (κ2) is 8.83. The van der Waals surface area contributed by atoms with Crippen LogP contribution in [0, 0.1) is 5.92 Å². The van der Waals surface area contributed by atoms with Crippen LogP contribution in [0.3, 0.4) is 0 Å². The van der Waals surface area contributed by atoms with Gasteiger partial charge in [-0.2, -0.15) is 0 Å². The van der Waals surface area contributed by atoms with Gasteiger partial charge in [0.15, 0.2) is 0 Å². The zero-order chi connectivity index (χ0) is 17.5. The molecule has 0 spiro atoms. The molecule has 2 rings (SSSR count). The lowest BCUT2D eigenvalue weighted by Gasteiger charge is -2.29. The molecule has 2 amide bonds. The first-order chi connectivity index (χ1) is 11.5. The highest BCUT2D eigenvalue weighted by Gasteiger charge is 2.27. The second-order valence-electron chi connectivity index (χ2n) is 7.01. The Morgan fingerprint density at radius 3 is 2.33 bits per heavy atom. The van der Waals surface area contributed by atoms with E-state index >= 15 is 0 Å². The summed E-state index contributed by atoms with van der Waals surface area (Å²) in [4.78, 5) is 25.9. The Morgan fingerprint density at radius 2 is 1.79 bits per heavy atom. The van der Waals surface area contributed by atoms with Crippen molar-refractivity contribution < 1.29 is 9.59 Å². The largest absolute Gasteiger partial charge is 0.369 e. The molecule has 1 saturated carbocycles. The summed E-state index contributed by atoms with van der Waals surface area (Å²) in [5.41, 5.74) is 6.47. The van der Waals surface area contributed by atoms with Gasteiger partial charge >= 0.3 is 0 Å². The second-order valence-corrected chi connectivity index (χ2v) is 7.01. The Bertz CT molecular complexity index is 539. The predicted octanol–water partition coefficient (Wildman–Crippen LogP) is 2.23. The van der Waals surface area contributed by atoms with E-state index in [-0.39, 0.29) is 42.9 Å². The number of hydrogen-bond donors (Lipinski definition) is 2. The zero-order valence-electron chi connectivity index (χ0n) is 14.7. The fourth-order valence-corrected chi connectivity index (χ4v) is 3.48. The Kier molecular flexibility index (Phi) is 6.79. The summed E-state index contributed by atoms with van der Waals surface area (Å²) >= 11 is 0. The van der Waals surface area contributed by atoms with Crippen LogP contribution in [0.5, 0.6) is 0 Å². The molecular formula is C19H29N3O2. The number of amides is 2. The molecule has 0 heterocycles. The first kappa shape index (κ1) is 18.5. The van der Waals surface area contributed by atoms with Crippen LogP contribution in [-0.2, 0) is 9.59 Å². The Labute approximate surface area is 144 Å². The standard InChI is InChI=1S/C19H29N3O2/c1-14(2)19(15-8-4-3-5-9-15)21-18(24)13-22(12-17(20)23)16-10-6-7-11-16/h3-5,8-9,14,16,19H,6-7,10-13H2,1-2H3,(H2,20,23)(H,21,24)/t19-/m1/s1. The molecule has 1 atom stereocenters. The molecule has 3 N–H and O–H groups in total. The first-order valence-corrected chi connectivity index (χ1v) is 8.84. The molecule has 0 aliphatic heterocycles. The number of nitrogens with two attached hydrogens (primary N) is 1. The highest BCUT2D eigenvalue weighted by molar-refractivity contribution is 5.80. The number of benzene rings is 1. The third kappa shape index (κ3) is 5.34. The molecule has 0 unspecified atom stereocenters. The summed E-state index contributed by atoms with van der Waals surface area (Å²) in [6.45, 7) is 4.56. The highest BCUT2D eigenvalue weighted by atomic mass is 16.2. The maximum atomic E-state index is 12.6. The van der Waals surface area contributed by atoms with Crippen molar-refractivity contribution in [3.63, 3.8) is 0 Å². The molecule has 0 bridgehead atoms. The van der Waals surface area contributed by atoms with E-state index in [2.05, 4.69) is 19.2 Å². The molecule has 1 aliphatic rings. The zero-order valence-corrected chi connectivity index (χ0v) is 14.7. The summed E-state index contributed by atoms with van der Waals surface area (Å²) in [6, 6.07) is 10.3. The smallest absolute Gasteiger partial charge is 0.234 e. The number of carbonyl (C=O) groups is 2. The lowest BCUT2D eigenvalue weighted by Crippen LogP contribution is -2.46. The van der Waals surface area contributed by atoms with Crippen molar-refractivity contribution in [1.82, 2.24) is 10.2 Å². The van der Waals surface area contributed by atoms with Gasteiger partial charge in [-0.15, -0.1) is 0 Å². The SMILES string of the molecule is CC(C)[C@@H](NC(=O)CN(CC(N)=O)C1CCCC1)c1ccccc1. The van der Waals surface area contributed by atoms with Gasteiger partial charge < -0.3 is 11.1 Å². The van der Waals surface area contributed by atoms with Crippen LogP contribution in [-0.4, -0.2) is 35.8 Å². The monoisotopic (exact) mass is 331 g/mol. The molecule has 1 fully saturated rings. The number of nitrogens with one attached hydrogen (secondary N) is 1. The van der Waals surface area contributed by atoms with Crippen LogP contribution in [0.2, 0.25) is 0 Å². The number of hydrogen-bond acceptors (Lipinski definition) is 3. The van der Waals surface area contributed by atoms with E-state index in [4.69, 9.17) is 5.73 Å². The topological polar surface area (TPSA) is 75.4 Å². The summed E-state index contributed by atoms with van der Waals surface area (Å²) < 4.78 is 0. The summed E-state index contributed by atoms with van der Waals surface area (Å²) in [6.07, 6.45) is 4.38. The average molecular weight is 331 g/mol. The maximum Gasteiger partial charge on any atom is 0.234 e. The van der Waals surface area contributed by atoms with Crippen molar-refractivity contribution in [3.05, 3.63) is 35.9 Å². The van der Waals surface area contributed by atoms with Gasteiger partial charge in [0.05, 0.1) is 19.1 Å². The molecule has 5 heteroatoms. The average Bonchev–Trinajstić information content (AvgIpc) is 3.06. The van der Waals surface area contributed by atoms with Gasteiger partial charge in [-0.25, -0.2) is 0 Å². The maximum absolute atomic E-state index is 12.6. The number of rotatable bonds is 8. The molecule has 0 saturated heterocycles. The number of nitrogens with zero attached hydrogens (tertiary/aromatic N) is 1. The van der Waals surface area contributed by atoms with Crippen molar-refractivity contribution in [2.75, 3.05) is 13.1 Å². The lowest BCUT2D eigenvalue weighted by molar-refractivity contribution is -0.125. The minimum absolute atomic E-state index is 0.0299. The van der Waals surface area contributed by atoms with E-state index in [1.54, 1.807) is 0 Å². The molecule has 1 aliphatic carbocycles. The van der Waals surface area contributed by atoms with Crippen LogP contribution in [0.15, 0.2) is 30.3 Å². The van der Waals surface area contributed by atoms with E-state index in [1.807, 2.05) is 35.2 Å². The number of carbonyl (C=O) groups excluding carboxylic acids is 2. The van der Waals surface area contributed by atoms with Gasteiger partial charge in [-0.05, 0) is 24.3 Å². The molecule has 0 aromatic heterocycles. The van der Waals surface area contributed by atoms with Crippen molar-refractivity contribution in [3.8, 4) is 0 Å². The highest BCUT2D eigenvalue weighted by Crippen LogP contribution is 2.24. The predicted molar refractivity (Wildman–Crippen MR) is 95.2 cm³/mol. The van der Waals surface area contributed by atoms with Crippen molar-refractivity contribution in [1.29, 1.82) is 0 Å². The van der Waals surface area contributed by atoms with Crippen LogP contribution in [0.4, 0.5) is 0 Å². The summed E-state index contributed by atoms with van der Waals surface area (Å²) in [5.74, 6) is -0.142. The summed E-state index contributed by atoms with van der Waals surface area (Å²) in [5, 5.41) is 3.13. The fourth-order valence-electron chi connectivity index (χ4n) is 3.48. The molecule has 0 radical (unpaired) electrons. The number of primary amides is 1. The minimum atomic E-state index is -0.377. The van der Waals surface area contributed by atoms with Gasteiger partial charge in [0.25, 0.3) is 0 Å². The Balaban J connectivity index is 2.01. The van der Waals surface area contributed by atoms with Crippen molar-refractivity contribution in [2.45, 2.75) is 51.6 Å². The van der Waals surface area contributed by atoms with Crippen LogP contribution in [0.1, 0.15) is 51.1 Å². The quantitative estimate of drug-likeness (QED) is 0.767. The van der Waals surface area contributed by atoms with Gasteiger partial charge in [0, 0.05) is 6.04 Å². The van der Waals surface area contributed by atoms with E-state index in [0.29, 0.717) is 0 Å². The van der Waals surface area contributed by atoms with E-state index in [9.17, 15) is 9.59 Å². The van der Waals surface area contributed by atoms with Gasteiger partial charge in [-0.1, -0.05) is 57.0 Å². The van der Waals surface area contributed by atoms with Crippen LogP contribution >= 0.6 is 0 Å². The fraction of sp³-hybridized carbons (Fsp3) is 0.579. The van der Waals surface area contributed by atoms with E-state index < -0.39 is 0 Å². The first-order valence-electron chi connectivity index (χ1n) is 8.84. The third-order valence-electron chi connectivity index (χ3n) is 4.69. The third-order valence-corrected chi connectivity index (χ3v) is 4.69. The molecule has 5 nitrogen and oxygen atoms in total. The molecule has 24 heavy (non-hydrogen) atoms. The van der Waals surface area contributed by atoms with Gasteiger partial charge in [0.2, 0.25) is 11.8 Å². The minimum Gasteiger partial charge on any atom is -0.369 e. The lowest BCUT2D eigenvalue weighted by atomic mass is 9.96. The Morgan fingerprint density at radius 1 is 1.17 bits per heavy atom. The van der Waals surface area contributed by atoms with Crippen molar-refractivity contribution in [2.24, 2.45) is 11.7 Å². The molecule has 132 valence electrons. The Hall–Kier alpha value is -1.88. The normalized spacial score (nSPS) is 16.5. The van der Waals surface area contributed by atoms with Crippen molar-refractivity contribution >= 4 is 11.8 Å². The van der Waals surface area contributed by atoms with E-state index in [1.165, 1.54) is 0 Å². The molecule has 1 aromatic rings. The van der Waals surface area contributed by atoms with E-state index in [0.717, 1.165) is 31.2 Å². The molecule has 1 aromatic carbocycles. The molecular weight excluding hydrogens is 302 g/mol.